The van der Waals surface area contributed by atoms with Crippen LogP contribution in [-0.2, 0) is 13.6 Å². The van der Waals surface area contributed by atoms with Crippen LogP contribution in [0, 0.1) is 0 Å². The van der Waals surface area contributed by atoms with E-state index >= 15 is 0 Å². The molecule has 2 aromatic rings. The Morgan fingerprint density at radius 2 is 2.44 bits per heavy atom. The first kappa shape index (κ1) is 9.08. The molecule has 0 aromatic carbocycles. The Morgan fingerprint density at radius 1 is 1.62 bits per heavy atom. The van der Waals surface area contributed by atoms with E-state index < -0.39 is 5.97 Å². The van der Waals surface area contributed by atoms with Crippen molar-refractivity contribution in [2.75, 3.05) is 5.32 Å². The van der Waals surface area contributed by atoms with Crippen LogP contribution in [-0.4, -0.2) is 15.6 Å². The van der Waals surface area contributed by atoms with Gasteiger partial charge in [0.1, 0.15) is 0 Å². The molecule has 3 rings (SSSR count). The van der Waals surface area contributed by atoms with Gasteiger partial charge in [0.15, 0.2) is 5.76 Å². The van der Waals surface area contributed by atoms with Crippen LogP contribution in [0.2, 0.25) is 0 Å². The maximum atomic E-state index is 10.8. The Balaban J connectivity index is 2.23. The molecular weight excluding hydrogens is 208 g/mol. The molecule has 1 aliphatic heterocycles. The number of carbonyl (C=O) groups is 1. The first-order valence-electron chi connectivity index (χ1n) is 4.92. The van der Waals surface area contributed by atoms with Gasteiger partial charge in [-0.05, 0) is 6.07 Å². The number of anilines is 1. The minimum Gasteiger partial charge on any atom is -0.475 e. The highest BCUT2D eigenvalue weighted by atomic mass is 16.4. The lowest BCUT2D eigenvalue weighted by Gasteiger charge is -2.14. The van der Waals surface area contributed by atoms with Crippen LogP contribution < -0.4 is 5.32 Å². The van der Waals surface area contributed by atoms with Crippen LogP contribution >= 0.6 is 0 Å². The Bertz CT molecular complexity index is 580. The number of fused-ring (bicyclic) bond motifs is 3. The van der Waals surface area contributed by atoms with Crippen LogP contribution in [0.3, 0.4) is 0 Å². The molecule has 0 radical (unpaired) electrons. The third kappa shape index (κ3) is 1.08. The average molecular weight is 218 g/mol. The molecule has 0 atom stereocenters. The number of aromatic nitrogens is 1. The summed E-state index contributed by atoms with van der Waals surface area (Å²) in [4.78, 5) is 10.8. The van der Waals surface area contributed by atoms with Crippen molar-refractivity contribution in [2.24, 2.45) is 7.05 Å². The quantitative estimate of drug-likeness (QED) is 0.767. The van der Waals surface area contributed by atoms with E-state index in [2.05, 4.69) is 5.32 Å². The average Bonchev–Trinajstić information content (AvgIpc) is 2.81. The third-order valence-electron chi connectivity index (χ3n) is 2.78. The number of carboxylic acid groups (broad SMARTS) is 1. The van der Waals surface area contributed by atoms with Crippen molar-refractivity contribution < 1.29 is 14.3 Å². The van der Waals surface area contributed by atoms with Crippen molar-refractivity contribution >= 4 is 11.7 Å². The molecule has 16 heavy (non-hydrogen) atoms. The molecule has 0 spiro atoms. The van der Waals surface area contributed by atoms with Gasteiger partial charge in [-0.15, -0.1) is 0 Å². The lowest BCUT2D eigenvalue weighted by molar-refractivity contribution is 0.0663. The summed E-state index contributed by atoms with van der Waals surface area (Å²) < 4.78 is 7.28. The topological polar surface area (TPSA) is 67.4 Å². The van der Waals surface area contributed by atoms with Crippen molar-refractivity contribution in [3.8, 4) is 11.5 Å². The number of nitrogens with zero attached hydrogens (tertiary/aromatic N) is 1. The first-order valence-corrected chi connectivity index (χ1v) is 4.92. The molecule has 0 fully saturated rings. The van der Waals surface area contributed by atoms with E-state index in [0.717, 1.165) is 16.9 Å². The van der Waals surface area contributed by atoms with Crippen molar-refractivity contribution in [1.82, 2.24) is 4.57 Å². The Labute approximate surface area is 91.3 Å². The second-order valence-electron chi connectivity index (χ2n) is 3.81. The van der Waals surface area contributed by atoms with Gasteiger partial charge in [0.05, 0.1) is 11.4 Å². The highest BCUT2D eigenvalue weighted by Crippen LogP contribution is 2.38. The molecule has 0 amide bonds. The summed E-state index contributed by atoms with van der Waals surface area (Å²) in [5, 5.41) is 12.0. The number of rotatable bonds is 1. The van der Waals surface area contributed by atoms with Gasteiger partial charge in [-0.2, -0.15) is 0 Å². The Kier molecular flexibility index (Phi) is 1.65. The molecule has 5 heteroatoms. The standard InChI is InChI=1S/C11H10N2O3/c1-13-3-2-6-5-12-7-4-8(11(14)15)16-10(7)9(6)13/h2-4,12H,5H2,1H3,(H,14,15). The summed E-state index contributed by atoms with van der Waals surface area (Å²) in [6, 6.07) is 3.52. The van der Waals surface area contributed by atoms with Crippen molar-refractivity contribution in [2.45, 2.75) is 6.54 Å². The first-order chi connectivity index (χ1) is 7.66. The van der Waals surface area contributed by atoms with E-state index in [1.54, 1.807) is 0 Å². The molecule has 0 saturated heterocycles. The third-order valence-corrected chi connectivity index (χ3v) is 2.78. The summed E-state index contributed by atoms with van der Waals surface area (Å²) in [7, 11) is 1.91. The number of hydrogen-bond donors (Lipinski definition) is 2. The lowest BCUT2D eigenvalue weighted by atomic mass is 10.1. The van der Waals surface area contributed by atoms with Gasteiger partial charge in [0.25, 0.3) is 0 Å². The van der Waals surface area contributed by atoms with E-state index in [-0.39, 0.29) is 5.76 Å². The highest BCUT2D eigenvalue weighted by molar-refractivity contribution is 5.89. The fourth-order valence-electron chi connectivity index (χ4n) is 2.02. The fourth-order valence-corrected chi connectivity index (χ4v) is 2.02. The molecule has 82 valence electrons. The van der Waals surface area contributed by atoms with Crippen molar-refractivity contribution in [3.63, 3.8) is 0 Å². The molecule has 5 nitrogen and oxygen atoms in total. The van der Waals surface area contributed by atoms with E-state index in [4.69, 9.17) is 9.52 Å². The number of carboxylic acids is 1. The number of aromatic carboxylic acids is 1. The number of aryl methyl sites for hydroxylation is 1. The number of nitrogens with one attached hydrogen (secondary N) is 1. The minimum absolute atomic E-state index is 0.0356. The van der Waals surface area contributed by atoms with Crippen molar-refractivity contribution in [3.05, 3.63) is 29.7 Å². The van der Waals surface area contributed by atoms with Crippen LogP contribution in [0.25, 0.3) is 11.5 Å². The molecule has 0 saturated carbocycles. The van der Waals surface area contributed by atoms with Gasteiger partial charge < -0.3 is 19.4 Å². The van der Waals surface area contributed by atoms with Crippen molar-refractivity contribution in [1.29, 1.82) is 0 Å². The van der Waals surface area contributed by atoms with Crippen LogP contribution in [0.4, 0.5) is 5.69 Å². The largest absolute Gasteiger partial charge is 0.475 e. The lowest BCUT2D eigenvalue weighted by Crippen LogP contribution is -2.07. The van der Waals surface area contributed by atoms with E-state index in [9.17, 15) is 4.79 Å². The summed E-state index contributed by atoms with van der Waals surface area (Å²) in [6.45, 7) is 0.696. The van der Waals surface area contributed by atoms with Crippen LogP contribution in [0.5, 0.6) is 0 Å². The van der Waals surface area contributed by atoms with E-state index in [1.807, 2.05) is 23.9 Å². The second kappa shape index (κ2) is 2.91. The molecule has 0 unspecified atom stereocenters. The van der Waals surface area contributed by atoms with Gasteiger partial charge in [0, 0.05) is 31.4 Å². The van der Waals surface area contributed by atoms with Gasteiger partial charge in [-0.1, -0.05) is 0 Å². The maximum absolute atomic E-state index is 10.8. The second-order valence-corrected chi connectivity index (χ2v) is 3.81. The van der Waals surface area contributed by atoms with Gasteiger partial charge >= 0.3 is 5.97 Å². The predicted octanol–water partition coefficient (Wildman–Crippen LogP) is 1.91. The summed E-state index contributed by atoms with van der Waals surface area (Å²) in [6.07, 6.45) is 1.93. The van der Waals surface area contributed by atoms with Gasteiger partial charge in [0.2, 0.25) is 5.76 Å². The Hall–Kier alpha value is -2.17. The number of hydrogen-bond acceptors (Lipinski definition) is 3. The fraction of sp³-hybridized carbons (Fsp3) is 0.182. The molecule has 2 aromatic heterocycles. The normalized spacial score (nSPS) is 12.8. The Morgan fingerprint density at radius 3 is 3.19 bits per heavy atom. The van der Waals surface area contributed by atoms with Gasteiger partial charge in [-0.3, -0.25) is 0 Å². The highest BCUT2D eigenvalue weighted by Gasteiger charge is 2.25. The van der Waals surface area contributed by atoms with E-state index in [1.165, 1.54) is 6.07 Å². The number of furan rings is 1. The minimum atomic E-state index is -1.05. The van der Waals surface area contributed by atoms with E-state index in [0.29, 0.717) is 12.3 Å². The maximum Gasteiger partial charge on any atom is 0.371 e. The van der Waals surface area contributed by atoms with Crippen LogP contribution in [0.15, 0.2) is 22.7 Å². The molecule has 0 bridgehead atoms. The molecular formula is C11H10N2O3. The SMILES string of the molecule is Cn1ccc2c1-c1oc(C(=O)O)cc1NC2. The zero-order valence-electron chi connectivity index (χ0n) is 8.65. The zero-order chi connectivity index (χ0) is 11.3. The summed E-state index contributed by atoms with van der Waals surface area (Å²) in [5.74, 6) is -0.482. The molecule has 1 aliphatic rings. The molecule has 2 N–H and O–H groups in total. The predicted molar refractivity (Wildman–Crippen MR) is 57.4 cm³/mol. The molecule has 0 aliphatic carbocycles. The van der Waals surface area contributed by atoms with Gasteiger partial charge in [-0.25, -0.2) is 4.79 Å². The van der Waals surface area contributed by atoms with Crippen LogP contribution in [0.1, 0.15) is 16.1 Å². The zero-order valence-corrected chi connectivity index (χ0v) is 8.65. The summed E-state index contributed by atoms with van der Waals surface area (Å²) >= 11 is 0. The smallest absolute Gasteiger partial charge is 0.371 e. The molecule has 3 heterocycles. The monoisotopic (exact) mass is 218 g/mol. The summed E-state index contributed by atoms with van der Waals surface area (Å²) in [5.41, 5.74) is 2.80.